The van der Waals surface area contributed by atoms with E-state index in [9.17, 15) is 0 Å². The van der Waals surface area contributed by atoms with Crippen molar-refractivity contribution in [3.63, 3.8) is 0 Å². The number of allylic oxidation sites excluding steroid dienone is 2. The van der Waals surface area contributed by atoms with E-state index < -0.39 is 5.06 Å². The maximum atomic E-state index is 6.98. The molecule has 3 rings (SSSR count). The summed E-state index contributed by atoms with van der Waals surface area (Å²) in [6.07, 6.45) is 15.5. The molecule has 1 fully saturated rings. The number of nitrogens with zero attached hydrogens (tertiary/aromatic N) is 1. The van der Waals surface area contributed by atoms with E-state index >= 15 is 0 Å². The number of ether oxygens (including phenoxy) is 1. The highest BCUT2D eigenvalue weighted by Crippen LogP contribution is 2.42. The second kappa shape index (κ2) is 11.2. The van der Waals surface area contributed by atoms with Crippen molar-refractivity contribution in [2.45, 2.75) is 69.8 Å². The summed E-state index contributed by atoms with van der Waals surface area (Å²) in [6, 6.07) is 10.4. The molecule has 1 aromatic rings. The molecule has 1 heterocycles. The van der Waals surface area contributed by atoms with Crippen LogP contribution >= 0.6 is 11.6 Å². The predicted octanol–water partition coefficient (Wildman–Crippen LogP) is 6.81. The normalized spacial score (nSPS) is 22.9. The van der Waals surface area contributed by atoms with Gasteiger partial charge in [-0.1, -0.05) is 79.8 Å². The van der Waals surface area contributed by atoms with E-state index in [4.69, 9.17) is 16.3 Å². The fourth-order valence-electron chi connectivity index (χ4n) is 4.43. The Kier molecular flexibility index (Phi) is 8.64. The lowest BCUT2D eigenvalue weighted by atomic mass is 9.89. The van der Waals surface area contributed by atoms with Crippen molar-refractivity contribution in [3.8, 4) is 0 Å². The average Bonchev–Trinajstić information content (AvgIpc) is 3.21. The van der Waals surface area contributed by atoms with Gasteiger partial charge < -0.3 is 9.64 Å². The van der Waals surface area contributed by atoms with E-state index in [1.54, 1.807) is 0 Å². The molecule has 2 aliphatic rings. The van der Waals surface area contributed by atoms with Crippen LogP contribution in [-0.4, -0.2) is 36.2 Å². The molecule has 1 atom stereocenters. The number of rotatable bonds is 11. The van der Waals surface area contributed by atoms with Gasteiger partial charge in [0.1, 0.15) is 0 Å². The fourth-order valence-corrected chi connectivity index (χ4v) is 4.86. The van der Waals surface area contributed by atoms with E-state index in [1.165, 1.54) is 70.2 Å². The quantitative estimate of drug-likeness (QED) is 0.298. The Morgan fingerprint density at radius 1 is 0.964 bits per heavy atom. The average molecular weight is 402 g/mol. The van der Waals surface area contributed by atoms with Crippen LogP contribution in [0.15, 0.2) is 48.1 Å². The number of likely N-dealkylation sites (tertiary alicyclic amines) is 1. The molecule has 0 saturated carbocycles. The van der Waals surface area contributed by atoms with Crippen molar-refractivity contribution in [1.29, 1.82) is 0 Å². The molecule has 0 radical (unpaired) electrons. The third kappa shape index (κ3) is 6.20. The van der Waals surface area contributed by atoms with Gasteiger partial charge in [0.05, 0.1) is 0 Å². The lowest BCUT2D eigenvalue weighted by Crippen LogP contribution is -2.30. The molecule has 2 nitrogen and oxygen atoms in total. The Morgan fingerprint density at radius 3 is 2.39 bits per heavy atom. The molecule has 1 aliphatic heterocycles. The molecule has 3 heteroatoms. The van der Waals surface area contributed by atoms with Crippen LogP contribution in [0.1, 0.15) is 70.3 Å². The summed E-state index contributed by atoms with van der Waals surface area (Å²) in [4.78, 5) is 2.62. The summed E-state index contributed by atoms with van der Waals surface area (Å²) in [6.45, 7) is 6.81. The van der Waals surface area contributed by atoms with Gasteiger partial charge >= 0.3 is 0 Å². The SMILES string of the molecule is CC1=C(c2ccccc2)C(Cl)(OCCCCCCCCN2CCCC2)CC=C1. The molecule has 1 aliphatic carbocycles. The molecule has 1 aromatic carbocycles. The first-order valence-electron chi connectivity index (χ1n) is 11.2. The molecule has 0 amide bonds. The number of unbranched alkanes of at least 4 members (excludes halogenated alkanes) is 5. The van der Waals surface area contributed by atoms with Crippen LogP contribution in [0.25, 0.3) is 5.57 Å². The zero-order valence-electron chi connectivity index (χ0n) is 17.5. The topological polar surface area (TPSA) is 12.5 Å². The Morgan fingerprint density at radius 2 is 1.64 bits per heavy atom. The lowest BCUT2D eigenvalue weighted by molar-refractivity contribution is 0.0587. The molecular formula is C25H36ClNO. The molecule has 0 N–H and O–H groups in total. The third-order valence-corrected chi connectivity index (χ3v) is 6.43. The lowest BCUT2D eigenvalue weighted by Gasteiger charge is -2.33. The molecule has 1 saturated heterocycles. The summed E-state index contributed by atoms with van der Waals surface area (Å²) in [5.41, 5.74) is 3.49. The maximum absolute atomic E-state index is 6.98. The van der Waals surface area contributed by atoms with Crippen molar-refractivity contribution in [2.75, 3.05) is 26.2 Å². The van der Waals surface area contributed by atoms with Gasteiger partial charge in [-0.25, -0.2) is 0 Å². The minimum absolute atomic E-state index is 0.726. The van der Waals surface area contributed by atoms with Crippen LogP contribution in [0.5, 0.6) is 0 Å². The number of hydrogen-bond donors (Lipinski definition) is 0. The Hall–Kier alpha value is -1.09. The third-order valence-electron chi connectivity index (χ3n) is 5.98. The largest absolute Gasteiger partial charge is 0.355 e. The molecule has 1 unspecified atom stereocenters. The molecule has 154 valence electrons. The van der Waals surface area contributed by atoms with Gasteiger partial charge in [0.15, 0.2) is 5.06 Å². The van der Waals surface area contributed by atoms with Gasteiger partial charge in [-0.3, -0.25) is 0 Å². The molecular weight excluding hydrogens is 366 g/mol. The van der Waals surface area contributed by atoms with E-state index in [-0.39, 0.29) is 0 Å². The number of benzene rings is 1. The number of alkyl halides is 1. The Labute approximate surface area is 176 Å². The zero-order valence-corrected chi connectivity index (χ0v) is 18.2. The summed E-state index contributed by atoms with van der Waals surface area (Å²) >= 11 is 6.98. The number of hydrogen-bond acceptors (Lipinski definition) is 2. The summed E-state index contributed by atoms with van der Waals surface area (Å²) in [7, 11) is 0. The zero-order chi connectivity index (χ0) is 19.7. The molecule has 28 heavy (non-hydrogen) atoms. The van der Waals surface area contributed by atoms with Gasteiger partial charge in [0.25, 0.3) is 0 Å². The second-order valence-corrected chi connectivity index (χ2v) is 8.89. The summed E-state index contributed by atoms with van der Waals surface area (Å²) in [5, 5.41) is -0.726. The molecule has 0 spiro atoms. The first-order chi connectivity index (χ1) is 13.7. The van der Waals surface area contributed by atoms with Crippen molar-refractivity contribution in [3.05, 3.63) is 53.6 Å². The highest BCUT2D eigenvalue weighted by atomic mass is 35.5. The predicted molar refractivity (Wildman–Crippen MR) is 121 cm³/mol. The van der Waals surface area contributed by atoms with Crippen molar-refractivity contribution in [2.24, 2.45) is 0 Å². The maximum Gasteiger partial charge on any atom is 0.171 e. The van der Waals surface area contributed by atoms with E-state index in [0.717, 1.165) is 30.6 Å². The van der Waals surface area contributed by atoms with Gasteiger partial charge in [0.2, 0.25) is 0 Å². The highest BCUT2D eigenvalue weighted by Gasteiger charge is 2.35. The van der Waals surface area contributed by atoms with Crippen LogP contribution in [0.4, 0.5) is 0 Å². The van der Waals surface area contributed by atoms with E-state index in [0.29, 0.717) is 0 Å². The van der Waals surface area contributed by atoms with Crippen LogP contribution in [0.3, 0.4) is 0 Å². The monoisotopic (exact) mass is 401 g/mol. The first-order valence-corrected chi connectivity index (χ1v) is 11.6. The van der Waals surface area contributed by atoms with Gasteiger partial charge in [-0.05, 0) is 63.4 Å². The summed E-state index contributed by atoms with van der Waals surface area (Å²) < 4.78 is 6.25. The molecule has 0 bridgehead atoms. The summed E-state index contributed by atoms with van der Waals surface area (Å²) in [5.74, 6) is 0. The van der Waals surface area contributed by atoms with Crippen molar-refractivity contribution in [1.82, 2.24) is 4.90 Å². The second-order valence-electron chi connectivity index (χ2n) is 8.28. The number of halogens is 1. The van der Waals surface area contributed by atoms with Crippen LogP contribution in [-0.2, 0) is 4.74 Å². The van der Waals surface area contributed by atoms with Crippen LogP contribution in [0.2, 0.25) is 0 Å². The van der Waals surface area contributed by atoms with E-state index in [2.05, 4.69) is 48.2 Å². The van der Waals surface area contributed by atoms with Gasteiger partial charge in [-0.15, -0.1) is 0 Å². The van der Waals surface area contributed by atoms with Gasteiger partial charge in [-0.2, -0.15) is 0 Å². The minimum atomic E-state index is -0.726. The van der Waals surface area contributed by atoms with Crippen LogP contribution < -0.4 is 0 Å². The highest BCUT2D eigenvalue weighted by molar-refractivity contribution is 6.29. The standard InChI is InChI=1S/C25H36ClNO/c1-22-14-13-17-25(26,24(22)23-15-7-6-8-16-23)28-21-12-5-3-2-4-9-18-27-19-10-11-20-27/h6-8,13-16H,2-5,9-12,17-21H2,1H3. The van der Waals surface area contributed by atoms with Crippen LogP contribution in [0, 0.1) is 0 Å². The smallest absolute Gasteiger partial charge is 0.171 e. The Balaban J connectivity index is 1.35. The van der Waals surface area contributed by atoms with E-state index in [1.807, 2.05) is 6.07 Å². The first kappa shape index (κ1) is 21.6. The fraction of sp³-hybridized carbons (Fsp3) is 0.600. The van der Waals surface area contributed by atoms with Crippen molar-refractivity contribution >= 4 is 17.2 Å². The minimum Gasteiger partial charge on any atom is -0.355 e. The Bertz CT molecular complexity index is 648. The van der Waals surface area contributed by atoms with Gasteiger partial charge in [0, 0.05) is 18.6 Å². The van der Waals surface area contributed by atoms with Crippen molar-refractivity contribution < 1.29 is 4.74 Å². The molecule has 0 aromatic heterocycles.